The minimum Gasteiger partial charge on any atom is -0.372 e. The maximum Gasteiger partial charge on any atom is 0.151 e. The molecule has 1 aliphatic rings. The molecule has 82 valence electrons. The second-order valence-electron chi connectivity index (χ2n) is 4.20. The number of nitrogens with zero attached hydrogens (tertiary/aromatic N) is 3. The van der Waals surface area contributed by atoms with E-state index < -0.39 is 0 Å². The third-order valence-electron chi connectivity index (χ3n) is 2.53. The first kappa shape index (κ1) is 10.4. The zero-order chi connectivity index (χ0) is 10.8. The molecule has 0 amide bonds. The maximum absolute atomic E-state index is 5.67. The van der Waals surface area contributed by atoms with Gasteiger partial charge in [-0.25, -0.2) is 0 Å². The van der Waals surface area contributed by atoms with E-state index in [1.54, 1.807) is 0 Å². The van der Waals surface area contributed by atoms with Crippen molar-refractivity contribution < 1.29 is 4.74 Å². The van der Waals surface area contributed by atoms with E-state index in [4.69, 9.17) is 4.74 Å². The molecule has 2 heterocycles. The second-order valence-corrected chi connectivity index (χ2v) is 4.20. The first-order valence-corrected chi connectivity index (χ1v) is 5.36. The van der Waals surface area contributed by atoms with Crippen LogP contribution in [0.5, 0.6) is 0 Å². The van der Waals surface area contributed by atoms with Crippen LogP contribution in [0.25, 0.3) is 0 Å². The van der Waals surface area contributed by atoms with E-state index in [1.165, 1.54) is 0 Å². The molecule has 1 saturated heterocycles. The first-order valence-electron chi connectivity index (χ1n) is 5.36. The molecule has 0 saturated carbocycles. The van der Waals surface area contributed by atoms with E-state index in [2.05, 4.69) is 28.9 Å². The lowest BCUT2D eigenvalue weighted by Crippen LogP contribution is -2.45. The molecule has 0 aromatic carbocycles. The lowest BCUT2D eigenvalue weighted by molar-refractivity contribution is -0.00550. The van der Waals surface area contributed by atoms with Crippen molar-refractivity contribution in [2.24, 2.45) is 0 Å². The van der Waals surface area contributed by atoms with Crippen LogP contribution in [-0.2, 0) is 4.74 Å². The van der Waals surface area contributed by atoms with Crippen molar-refractivity contribution in [1.82, 2.24) is 10.2 Å². The Kier molecular flexibility index (Phi) is 2.86. The summed E-state index contributed by atoms with van der Waals surface area (Å²) in [6.07, 6.45) is 0.522. The molecule has 2 unspecified atom stereocenters. The van der Waals surface area contributed by atoms with Crippen LogP contribution in [-0.4, -0.2) is 35.5 Å². The molecule has 1 fully saturated rings. The van der Waals surface area contributed by atoms with E-state index in [0.29, 0.717) is 0 Å². The van der Waals surface area contributed by atoms with Crippen LogP contribution in [0, 0.1) is 6.92 Å². The smallest absolute Gasteiger partial charge is 0.151 e. The normalized spacial score (nSPS) is 26.7. The van der Waals surface area contributed by atoms with Crippen LogP contribution in [0.1, 0.15) is 19.5 Å². The highest BCUT2D eigenvalue weighted by molar-refractivity contribution is 5.38. The molecule has 1 aromatic rings. The van der Waals surface area contributed by atoms with Crippen LogP contribution < -0.4 is 4.90 Å². The summed E-state index contributed by atoms with van der Waals surface area (Å²) in [5, 5.41) is 8.26. The fourth-order valence-corrected chi connectivity index (χ4v) is 1.93. The van der Waals surface area contributed by atoms with Gasteiger partial charge < -0.3 is 9.64 Å². The van der Waals surface area contributed by atoms with Gasteiger partial charge in [-0.2, -0.15) is 5.10 Å². The number of ether oxygens (including phenoxy) is 1. The Labute approximate surface area is 90.3 Å². The quantitative estimate of drug-likeness (QED) is 0.697. The molecule has 0 N–H and O–H groups in total. The van der Waals surface area contributed by atoms with Gasteiger partial charge in [-0.1, -0.05) is 0 Å². The van der Waals surface area contributed by atoms with Crippen molar-refractivity contribution in [2.75, 3.05) is 18.0 Å². The number of aryl methyl sites for hydroxylation is 1. The largest absolute Gasteiger partial charge is 0.372 e. The molecule has 4 heteroatoms. The lowest BCUT2D eigenvalue weighted by atomic mass is 10.2. The van der Waals surface area contributed by atoms with Crippen molar-refractivity contribution in [3.05, 3.63) is 17.8 Å². The van der Waals surface area contributed by atoms with E-state index in [1.807, 2.05) is 19.1 Å². The lowest BCUT2D eigenvalue weighted by Gasteiger charge is -2.35. The summed E-state index contributed by atoms with van der Waals surface area (Å²) in [5.74, 6) is 0.947. The molecule has 0 spiro atoms. The second kappa shape index (κ2) is 4.14. The summed E-state index contributed by atoms with van der Waals surface area (Å²) in [6, 6.07) is 4.01. The van der Waals surface area contributed by atoms with E-state index in [9.17, 15) is 0 Å². The first-order chi connectivity index (χ1) is 7.15. The number of aromatic nitrogens is 2. The molecule has 0 aliphatic carbocycles. The van der Waals surface area contributed by atoms with Crippen molar-refractivity contribution in [1.29, 1.82) is 0 Å². The van der Waals surface area contributed by atoms with Crippen molar-refractivity contribution in [3.63, 3.8) is 0 Å². The van der Waals surface area contributed by atoms with Crippen LogP contribution >= 0.6 is 0 Å². The Morgan fingerprint density at radius 2 is 1.87 bits per heavy atom. The Hall–Kier alpha value is -1.16. The van der Waals surface area contributed by atoms with Gasteiger partial charge in [-0.15, -0.1) is 5.10 Å². The number of hydrogen-bond acceptors (Lipinski definition) is 4. The molecule has 2 atom stereocenters. The van der Waals surface area contributed by atoms with Gasteiger partial charge in [0.05, 0.1) is 17.9 Å². The molecular formula is C11H17N3O. The van der Waals surface area contributed by atoms with Gasteiger partial charge in [0.25, 0.3) is 0 Å². The highest BCUT2D eigenvalue weighted by Gasteiger charge is 2.23. The molecule has 0 bridgehead atoms. The minimum atomic E-state index is 0.261. The third-order valence-corrected chi connectivity index (χ3v) is 2.53. The van der Waals surface area contributed by atoms with E-state index >= 15 is 0 Å². The Morgan fingerprint density at radius 3 is 2.40 bits per heavy atom. The van der Waals surface area contributed by atoms with E-state index in [-0.39, 0.29) is 12.2 Å². The van der Waals surface area contributed by atoms with Crippen molar-refractivity contribution >= 4 is 5.82 Å². The highest BCUT2D eigenvalue weighted by Crippen LogP contribution is 2.17. The van der Waals surface area contributed by atoms with Gasteiger partial charge >= 0.3 is 0 Å². The topological polar surface area (TPSA) is 38.2 Å². The monoisotopic (exact) mass is 207 g/mol. The summed E-state index contributed by atoms with van der Waals surface area (Å²) in [6.45, 7) is 7.90. The Balaban J connectivity index is 2.12. The Bertz CT molecular complexity index is 315. The predicted octanol–water partition coefficient (Wildman–Crippen LogP) is 1.40. The standard InChI is InChI=1S/C11H17N3O/c1-8-4-5-11(13-12-8)14-6-9(2)15-10(3)7-14/h4-5,9-10H,6-7H2,1-3H3. The zero-order valence-corrected chi connectivity index (χ0v) is 9.47. The summed E-state index contributed by atoms with van der Waals surface area (Å²) >= 11 is 0. The van der Waals surface area contributed by atoms with Crippen LogP contribution in [0.4, 0.5) is 5.82 Å². The fourth-order valence-electron chi connectivity index (χ4n) is 1.93. The van der Waals surface area contributed by atoms with Crippen LogP contribution in [0.3, 0.4) is 0 Å². The van der Waals surface area contributed by atoms with E-state index in [0.717, 1.165) is 24.6 Å². The summed E-state index contributed by atoms with van der Waals surface area (Å²) in [5.41, 5.74) is 0.952. The Morgan fingerprint density at radius 1 is 1.20 bits per heavy atom. The van der Waals surface area contributed by atoms with Crippen LogP contribution in [0.2, 0.25) is 0 Å². The number of morpholine rings is 1. The molecule has 0 radical (unpaired) electrons. The predicted molar refractivity (Wildman–Crippen MR) is 59.0 cm³/mol. The summed E-state index contributed by atoms with van der Waals surface area (Å²) in [7, 11) is 0. The molecular weight excluding hydrogens is 190 g/mol. The molecule has 1 aliphatic heterocycles. The zero-order valence-electron chi connectivity index (χ0n) is 9.47. The molecule has 2 rings (SSSR count). The summed E-state index contributed by atoms with van der Waals surface area (Å²) < 4.78 is 5.67. The average Bonchev–Trinajstić information content (AvgIpc) is 2.17. The maximum atomic E-state index is 5.67. The fraction of sp³-hybridized carbons (Fsp3) is 0.636. The van der Waals surface area contributed by atoms with Gasteiger partial charge in [0, 0.05) is 13.1 Å². The number of anilines is 1. The van der Waals surface area contributed by atoms with Gasteiger partial charge in [0.15, 0.2) is 5.82 Å². The highest BCUT2D eigenvalue weighted by atomic mass is 16.5. The van der Waals surface area contributed by atoms with Gasteiger partial charge in [0.1, 0.15) is 0 Å². The van der Waals surface area contributed by atoms with Crippen molar-refractivity contribution in [2.45, 2.75) is 33.0 Å². The van der Waals surface area contributed by atoms with Gasteiger partial charge in [-0.3, -0.25) is 0 Å². The van der Waals surface area contributed by atoms with Crippen molar-refractivity contribution in [3.8, 4) is 0 Å². The third kappa shape index (κ3) is 2.45. The average molecular weight is 207 g/mol. The summed E-state index contributed by atoms with van der Waals surface area (Å²) in [4.78, 5) is 2.23. The molecule has 4 nitrogen and oxygen atoms in total. The van der Waals surface area contributed by atoms with Gasteiger partial charge in [0.2, 0.25) is 0 Å². The SMILES string of the molecule is Cc1ccc(N2CC(C)OC(C)C2)nn1. The number of hydrogen-bond donors (Lipinski definition) is 0. The van der Waals surface area contributed by atoms with Gasteiger partial charge in [-0.05, 0) is 32.9 Å². The molecule has 1 aromatic heterocycles. The van der Waals surface area contributed by atoms with Crippen LogP contribution in [0.15, 0.2) is 12.1 Å². The minimum absolute atomic E-state index is 0.261. The number of rotatable bonds is 1. The molecule has 15 heavy (non-hydrogen) atoms.